The second kappa shape index (κ2) is 9.53. The molecule has 172 valence electrons. The van der Waals surface area contributed by atoms with Crippen LogP contribution in [-0.2, 0) is 4.79 Å². The Morgan fingerprint density at radius 1 is 1.06 bits per heavy atom. The van der Waals surface area contributed by atoms with E-state index in [1.54, 1.807) is 23.6 Å². The van der Waals surface area contributed by atoms with Gasteiger partial charge in [0.1, 0.15) is 23.5 Å². The van der Waals surface area contributed by atoms with Gasteiger partial charge in [0.2, 0.25) is 5.91 Å². The zero-order valence-corrected chi connectivity index (χ0v) is 20.1. The highest BCUT2D eigenvalue weighted by Crippen LogP contribution is 2.31. The Morgan fingerprint density at radius 2 is 1.79 bits per heavy atom. The molecule has 0 radical (unpaired) electrons. The predicted molar refractivity (Wildman–Crippen MR) is 130 cm³/mol. The maximum atomic E-state index is 13.9. The lowest BCUT2D eigenvalue weighted by atomic mass is 10.2. The Balaban J connectivity index is 1.59. The van der Waals surface area contributed by atoms with E-state index in [9.17, 15) is 14.4 Å². The lowest BCUT2D eigenvalue weighted by molar-refractivity contribution is -0.113. The molecule has 7 nitrogen and oxygen atoms in total. The van der Waals surface area contributed by atoms with Crippen molar-refractivity contribution < 1.29 is 9.18 Å². The Kier molecular flexibility index (Phi) is 6.52. The maximum absolute atomic E-state index is 13.9. The van der Waals surface area contributed by atoms with Gasteiger partial charge in [0.25, 0.3) is 0 Å². The number of anilines is 1. The van der Waals surface area contributed by atoms with Crippen LogP contribution in [0.4, 0.5) is 10.2 Å². The van der Waals surface area contributed by atoms with E-state index in [1.807, 2.05) is 49.6 Å². The molecule has 2 heterocycles. The molecule has 1 N–H and O–H groups in total. The quantitative estimate of drug-likeness (QED) is 0.396. The van der Waals surface area contributed by atoms with E-state index in [4.69, 9.17) is 0 Å². The summed E-state index contributed by atoms with van der Waals surface area (Å²) in [7, 11) is 0. The number of halogens is 1. The molecule has 0 fully saturated rings. The minimum Gasteiger partial charge on any atom is -0.310 e. The fourth-order valence-electron chi connectivity index (χ4n) is 3.72. The first kappa shape index (κ1) is 23.3. The number of hydrogen-bond acceptors (Lipinski definition) is 5. The third-order valence-corrected chi connectivity index (χ3v) is 6.50. The van der Waals surface area contributed by atoms with E-state index in [2.05, 4.69) is 21.6 Å². The molecular weight excluding hydrogens is 451 g/mol. The highest BCUT2D eigenvalue weighted by Gasteiger charge is 2.22. The summed E-state index contributed by atoms with van der Waals surface area (Å²) in [5, 5.41) is 21.5. The molecule has 0 spiro atoms. The molecule has 0 aliphatic heterocycles. The van der Waals surface area contributed by atoms with Gasteiger partial charge in [-0.25, -0.2) is 4.39 Å². The predicted octanol–water partition coefficient (Wildman–Crippen LogP) is 5.03. The molecule has 2 aromatic heterocycles. The normalized spacial score (nSPS) is 10.8. The van der Waals surface area contributed by atoms with Gasteiger partial charge in [-0.1, -0.05) is 35.5 Å². The monoisotopic (exact) mass is 474 g/mol. The number of nitrogens with one attached hydrogen (secondary N) is 1. The van der Waals surface area contributed by atoms with E-state index in [0.717, 1.165) is 22.5 Å². The number of thioether (sulfide) groups is 1. The van der Waals surface area contributed by atoms with E-state index in [-0.39, 0.29) is 11.7 Å². The van der Waals surface area contributed by atoms with Gasteiger partial charge in [0, 0.05) is 11.4 Å². The van der Waals surface area contributed by atoms with Crippen LogP contribution in [0.1, 0.15) is 28.2 Å². The van der Waals surface area contributed by atoms with Crippen LogP contribution in [0, 0.1) is 44.8 Å². The molecular formula is C25H23FN6OS. The number of nitriles is 1. The van der Waals surface area contributed by atoms with Gasteiger partial charge in [-0.3, -0.25) is 13.9 Å². The molecule has 0 aliphatic carbocycles. The first-order chi connectivity index (χ1) is 16.3. The lowest BCUT2D eigenvalue weighted by Gasteiger charge is -2.13. The van der Waals surface area contributed by atoms with Crippen molar-refractivity contribution in [3.8, 4) is 17.4 Å². The van der Waals surface area contributed by atoms with Crippen LogP contribution in [0.15, 0.2) is 53.7 Å². The number of benzene rings is 2. The molecule has 0 atom stereocenters. The Hall–Kier alpha value is -3.90. The molecule has 4 rings (SSSR count). The number of carbonyl (C=O) groups is 1. The van der Waals surface area contributed by atoms with E-state index in [1.165, 1.54) is 23.9 Å². The van der Waals surface area contributed by atoms with Crippen molar-refractivity contribution in [3.63, 3.8) is 0 Å². The third-order valence-electron chi connectivity index (χ3n) is 5.57. The number of nitrogens with zero attached hydrogens (tertiary/aromatic N) is 5. The van der Waals surface area contributed by atoms with Gasteiger partial charge in [-0.2, -0.15) is 5.26 Å². The van der Waals surface area contributed by atoms with Gasteiger partial charge >= 0.3 is 0 Å². The number of hydrogen-bond donors (Lipinski definition) is 1. The van der Waals surface area contributed by atoms with E-state index < -0.39 is 5.82 Å². The molecule has 4 aromatic rings. The number of amides is 1. The molecule has 9 heteroatoms. The minimum absolute atomic E-state index is 0.0568. The van der Waals surface area contributed by atoms with Crippen molar-refractivity contribution in [1.82, 2.24) is 19.3 Å². The largest absolute Gasteiger partial charge is 0.310 e. The number of rotatable bonds is 6. The van der Waals surface area contributed by atoms with Crippen LogP contribution >= 0.6 is 11.8 Å². The fraction of sp³-hybridized carbons (Fsp3) is 0.200. The molecule has 34 heavy (non-hydrogen) atoms. The summed E-state index contributed by atoms with van der Waals surface area (Å²) < 4.78 is 17.5. The average molecular weight is 475 g/mol. The SMILES string of the molecule is Cc1ccc(-n2c(C)nnc2SCC(=O)Nc2c(C#N)c(C)c(C)n2-c2cccc(F)c2)cc1. The second-order valence-corrected chi connectivity index (χ2v) is 8.84. The maximum Gasteiger partial charge on any atom is 0.236 e. The van der Waals surface area contributed by atoms with Crippen molar-refractivity contribution in [2.24, 2.45) is 0 Å². The van der Waals surface area contributed by atoms with Crippen molar-refractivity contribution in [2.75, 3.05) is 11.1 Å². The summed E-state index contributed by atoms with van der Waals surface area (Å²) in [6.07, 6.45) is 0. The zero-order valence-electron chi connectivity index (χ0n) is 19.3. The Labute approximate surface area is 201 Å². The number of aromatic nitrogens is 4. The third kappa shape index (κ3) is 4.45. The van der Waals surface area contributed by atoms with Crippen molar-refractivity contribution >= 4 is 23.5 Å². The summed E-state index contributed by atoms with van der Waals surface area (Å²) in [6, 6.07) is 16.2. The molecule has 0 bridgehead atoms. The fourth-order valence-corrected chi connectivity index (χ4v) is 4.52. The van der Waals surface area contributed by atoms with Crippen LogP contribution in [-0.4, -0.2) is 31.0 Å². The first-order valence-corrected chi connectivity index (χ1v) is 11.6. The summed E-state index contributed by atoms with van der Waals surface area (Å²) in [5.41, 5.74) is 4.40. The lowest BCUT2D eigenvalue weighted by Crippen LogP contribution is -2.18. The van der Waals surface area contributed by atoms with Crippen LogP contribution in [0.2, 0.25) is 0 Å². The molecule has 1 amide bonds. The highest BCUT2D eigenvalue weighted by atomic mass is 32.2. The highest BCUT2D eigenvalue weighted by molar-refractivity contribution is 7.99. The van der Waals surface area contributed by atoms with Gasteiger partial charge in [0.05, 0.1) is 17.0 Å². The second-order valence-electron chi connectivity index (χ2n) is 7.90. The zero-order chi connectivity index (χ0) is 24.4. The van der Waals surface area contributed by atoms with Crippen LogP contribution < -0.4 is 5.32 Å². The van der Waals surface area contributed by atoms with Crippen molar-refractivity contribution in [2.45, 2.75) is 32.9 Å². The summed E-state index contributed by atoms with van der Waals surface area (Å²) >= 11 is 1.25. The summed E-state index contributed by atoms with van der Waals surface area (Å²) in [4.78, 5) is 12.9. The topological polar surface area (TPSA) is 88.5 Å². The van der Waals surface area contributed by atoms with Crippen molar-refractivity contribution in [3.05, 3.63) is 82.6 Å². The molecule has 0 unspecified atom stereocenters. The first-order valence-electron chi connectivity index (χ1n) is 10.6. The number of aryl methyl sites for hydroxylation is 2. The smallest absolute Gasteiger partial charge is 0.236 e. The molecule has 0 saturated heterocycles. The molecule has 0 aliphatic rings. The van der Waals surface area contributed by atoms with Crippen LogP contribution in [0.3, 0.4) is 0 Å². The van der Waals surface area contributed by atoms with E-state index in [0.29, 0.717) is 28.0 Å². The minimum atomic E-state index is -0.402. The summed E-state index contributed by atoms with van der Waals surface area (Å²) in [5.74, 6) is 0.379. The number of carbonyl (C=O) groups excluding carboxylic acids is 1. The van der Waals surface area contributed by atoms with Gasteiger partial charge in [-0.05, 0) is 63.6 Å². The van der Waals surface area contributed by atoms with Crippen LogP contribution in [0.5, 0.6) is 0 Å². The van der Waals surface area contributed by atoms with Crippen LogP contribution in [0.25, 0.3) is 11.4 Å². The molecule has 0 saturated carbocycles. The Morgan fingerprint density at radius 3 is 2.47 bits per heavy atom. The standard InChI is InChI=1S/C25H23FN6OS/c1-15-8-10-20(11-9-15)32-18(4)29-30-25(32)34-14-23(33)28-24-22(13-27)16(2)17(3)31(24)21-7-5-6-19(26)12-21/h5-12H,14H2,1-4H3,(H,28,33). The van der Waals surface area contributed by atoms with E-state index >= 15 is 0 Å². The van der Waals surface area contributed by atoms with Gasteiger partial charge in [-0.15, -0.1) is 10.2 Å². The Bertz CT molecular complexity index is 1410. The van der Waals surface area contributed by atoms with Gasteiger partial charge in [0.15, 0.2) is 5.16 Å². The van der Waals surface area contributed by atoms with Gasteiger partial charge < -0.3 is 5.32 Å². The van der Waals surface area contributed by atoms with Crippen molar-refractivity contribution in [1.29, 1.82) is 5.26 Å². The summed E-state index contributed by atoms with van der Waals surface area (Å²) in [6.45, 7) is 7.51. The average Bonchev–Trinajstić information content (AvgIpc) is 3.29. The molecule has 2 aromatic carbocycles.